The minimum absolute atomic E-state index is 0.0752. The minimum atomic E-state index is -0.695. The second-order valence-electron chi connectivity index (χ2n) is 11.7. The first-order valence-electron chi connectivity index (χ1n) is 15.7. The number of esters is 2. The molecule has 240 valence electrons. The van der Waals surface area contributed by atoms with Gasteiger partial charge in [0.25, 0.3) is 0 Å². The van der Waals surface area contributed by atoms with Crippen LogP contribution in [0.1, 0.15) is 99.8 Å². The van der Waals surface area contributed by atoms with Crippen molar-refractivity contribution >= 4 is 23.5 Å². The first kappa shape index (κ1) is 32.1. The van der Waals surface area contributed by atoms with Gasteiger partial charge in [-0.25, -0.2) is 0 Å². The van der Waals surface area contributed by atoms with Crippen LogP contribution in [0.5, 0.6) is 28.7 Å². The smallest absolute Gasteiger partial charge is 0.310 e. The van der Waals surface area contributed by atoms with Gasteiger partial charge in [-0.3, -0.25) is 9.59 Å². The predicted molar refractivity (Wildman–Crippen MR) is 164 cm³/mol. The maximum atomic E-state index is 13.4. The van der Waals surface area contributed by atoms with Gasteiger partial charge in [-0.1, -0.05) is 69.9 Å². The van der Waals surface area contributed by atoms with Gasteiger partial charge in [0.1, 0.15) is 6.10 Å². The first-order valence-corrected chi connectivity index (χ1v) is 16.1. The molecule has 9 nitrogen and oxygen atoms in total. The van der Waals surface area contributed by atoms with Gasteiger partial charge in [-0.15, -0.1) is 0 Å². The molecule has 10 heteroatoms. The molecule has 2 aromatic carbocycles. The van der Waals surface area contributed by atoms with Crippen LogP contribution in [-0.2, 0) is 19.1 Å². The zero-order chi connectivity index (χ0) is 31.2. The van der Waals surface area contributed by atoms with E-state index in [0.717, 1.165) is 30.4 Å². The van der Waals surface area contributed by atoms with Crippen LogP contribution in [0.4, 0.5) is 0 Å². The summed E-state index contributed by atoms with van der Waals surface area (Å²) < 4.78 is 40.0. The van der Waals surface area contributed by atoms with Crippen LogP contribution in [0.15, 0.2) is 18.2 Å². The summed E-state index contributed by atoms with van der Waals surface area (Å²) in [5.41, 5.74) is 2.09. The third kappa shape index (κ3) is 6.39. The standard InChI is InChI=1S/C34H43ClO9/c1-5-6-7-8-9-10-11-12-13-14-27(36)44-31-21-16-25-24(42-19-43-25)15-20(21)28(29-23(31)18-41-34(29)37)22-17-26(38-2)32(39-3)33(40-4)30(22)35/h15-17,23,28-29,31H,5-14,18-19H2,1-4H3/t23-,28-,29-,31+/m0/s1. The van der Waals surface area contributed by atoms with E-state index < -0.39 is 23.9 Å². The maximum Gasteiger partial charge on any atom is 0.310 e. The number of methoxy groups -OCH3 is 3. The number of cyclic esters (lactones) is 1. The Morgan fingerprint density at radius 2 is 1.45 bits per heavy atom. The van der Waals surface area contributed by atoms with Crippen LogP contribution in [-0.4, -0.2) is 46.7 Å². The summed E-state index contributed by atoms with van der Waals surface area (Å²) in [4.78, 5) is 26.6. The lowest BCUT2D eigenvalue weighted by atomic mass is 9.66. The molecule has 0 saturated carbocycles. The Morgan fingerprint density at radius 3 is 2.09 bits per heavy atom. The lowest BCUT2D eigenvalue weighted by Gasteiger charge is -2.39. The van der Waals surface area contributed by atoms with Crippen molar-refractivity contribution < 1.29 is 42.7 Å². The van der Waals surface area contributed by atoms with Gasteiger partial charge < -0.3 is 33.2 Å². The number of halogens is 1. The molecule has 0 radical (unpaired) electrons. The molecule has 1 aliphatic carbocycles. The van der Waals surface area contributed by atoms with Gasteiger partial charge in [-0.2, -0.15) is 0 Å². The molecule has 1 saturated heterocycles. The van der Waals surface area contributed by atoms with E-state index in [1.807, 2.05) is 12.1 Å². The van der Waals surface area contributed by atoms with E-state index in [0.29, 0.717) is 40.7 Å². The van der Waals surface area contributed by atoms with E-state index in [9.17, 15) is 9.59 Å². The maximum absolute atomic E-state index is 13.4. The number of carbonyl (C=O) groups is 2. The number of hydrogen-bond donors (Lipinski definition) is 0. The topological polar surface area (TPSA) is 98.8 Å². The van der Waals surface area contributed by atoms with Crippen LogP contribution < -0.4 is 23.7 Å². The summed E-state index contributed by atoms with van der Waals surface area (Å²) >= 11 is 6.97. The Labute approximate surface area is 264 Å². The summed E-state index contributed by atoms with van der Waals surface area (Å²) in [5, 5.41) is 0.290. The van der Waals surface area contributed by atoms with Crippen molar-refractivity contribution in [2.24, 2.45) is 11.8 Å². The molecule has 0 spiro atoms. The molecule has 2 aromatic rings. The molecule has 2 aliphatic heterocycles. The molecular weight excluding hydrogens is 588 g/mol. The van der Waals surface area contributed by atoms with Crippen LogP contribution in [0.2, 0.25) is 5.02 Å². The number of ether oxygens (including phenoxy) is 7. The number of carbonyl (C=O) groups excluding carboxylic acids is 2. The summed E-state index contributed by atoms with van der Waals surface area (Å²) in [6.07, 6.45) is 10.0. The highest BCUT2D eigenvalue weighted by Crippen LogP contribution is 2.58. The average molecular weight is 631 g/mol. The van der Waals surface area contributed by atoms with E-state index in [1.54, 1.807) is 6.07 Å². The summed E-state index contributed by atoms with van der Waals surface area (Å²) in [5.74, 6) is -0.184. The lowest BCUT2D eigenvalue weighted by Crippen LogP contribution is -2.36. The Balaban J connectivity index is 1.43. The first-order chi connectivity index (χ1) is 21.4. The van der Waals surface area contributed by atoms with Gasteiger partial charge in [0.05, 0.1) is 38.9 Å². The van der Waals surface area contributed by atoms with Crippen molar-refractivity contribution in [3.8, 4) is 28.7 Å². The Kier molecular flexibility index (Phi) is 10.7. The third-order valence-corrected chi connectivity index (χ3v) is 9.38. The molecule has 3 aliphatic rings. The van der Waals surface area contributed by atoms with E-state index >= 15 is 0 Å². The molecule has 0 amide bonds. The fraction of sp³-hybridized carbons (Fsp3) is 0.588. The number of fused-ring (bicyclic) bond motifs is 3. The second-order valence-corrected chi connectivity index (χ2v) is 12.0. The van der Waals surface area contributed by atoms with E-state index in [2.05, 4.69) is 6.92 Å². The van der Waals surface area contributed by atoms with Crippen LogP contribution in [0.3, 0.4) is 0 Å². The third-order valence-electron chi connectivity index (χ3n) is 8.99. The lowest BCUT2D eigenvalue weighted by molar-refractivity contribution is -0.154. The summed E-state index contributed by atoms with van der Waals surface area (Å²) in [7, 11) is 4.53. The van der Waals surface area contributed by atoms with Crippen molar-refractivity contribution in [2.75, 3.05) is 34.7 Å². The minimum Gasteiger partial charge on any atom is -0.493 e. The largest absolute Gasteiger partial charge is 0.493 e. The van der Waals surface area contributed by atoms with Gasteiger partial charge in [-0.05, 0) is 35.7 Å². The fourth-order valence-corrected chi connectivity index (χ4v) is 7.12. The van der Waals surface area contributed by atoms with Crippen molar-refractivity contribution in [1.29, 1.82) is 0 Å². The van der Waals surface area contributed by atoms with Crippen LogP contribution >= 0.6 is 11.6 Å². The highest BCUT2D eigenvalue weighted by molar-refractivity contribution is 6.33. The molecule has 1 fully saturated rings. The van der Waals surface area contributed by atoms with Gasteiger partial charge >= 0.3 is 11.9 Å². The zero-order valence-corrected chi connectivity index (χ0v) is 26.8. The van der Waals surface area contributed by atoms with E-state index in [4.69, 9.17) is 44.8 Å². The SMILES string of the molecule is CCCCCCCCCCCC(=O)O[C@@H]1c2cc3c(cc2[C@@H](c2cc(OC)c(OC)c(OC)c2Cl)[C@H]2C(=O)OC[C@@H]21)OCO3. The number of benzene rings is 2. The molecule has 0 N–H and O–H groups in total. The van der Waals surface area contributed by atoms with Gasteiger partial charge in [0.15, 0.2) is 23.0 Å². The molecule has 0 aromatic heterocycles. The number of unbranched alkanes of at least 4 members (excludes halogenated alkanes) is 8. The molecule has 44 heavy (non-hydrogen) atoms. The molecule has 5 rings (SSSR count). The van der Waals surface area contributed by atoms with E-state index in [1.165, 1.54) is 59.9 Å². The van der Waals surface area contributed by atoms with Gasteiger partial charge in [0, 0.05) is 23.8 Å². The van der Waals surface area contributed by atoms with Crippen molar-refractivity contribution in [3.05, 3.63) is 39.9 Å². The monoisotopic (exact) mass is 630 g/mol. The van der Waals surface area contributed by atoms with Crippen molar-refractivity contribution in [3.63, 3.8) is 0 Å². The van der Waals surface area contributed by atoms with Crippen LogP contribution in [0.25, 0.3) is 0 Å². The summed E-state index contributed by atoms with van der Waals surface area (Å²) in [6.45, 7) is 2.42. The highest BCUT2D eigenvalue weighted by Gasteiger charge is 2.54. The number of rotatable bonds is 15. The van der Waals surface area contributed by atoms with Gasteiger partial charge in [0.2, 0.25) is 12.5 Å². The second kappa shape index (κ2) is 14.6. The quantitative estimate of drug-likeness (QED) is 0.146. The summed E-state index contributed by atoms with van der Waals surface area (Å²) in [6, 6.07) is 5.47. The molecule has 0 bridgehead atoms. The van der Waals surface area contributed by atoms with Crippen LogP contribution in [0, 0.1) is 11.8 Å². The Bertz CT molecular complexity index is 1340. The van der Waals surface area contributed by atoms with Crippen molar-refractivity contribution in [1.82, 2.24) is 0 Å². The van der Waals surface area contributed by atoms with E-state index in [-0.39, 0.29) is 30.4 Å². The Hall–Kier alpha value is -3.33. The normalized spacial score (nSPS) is 21.3. The fourth-order valence-electron chi connectivity index (χ4n) is 6.78. The highest BCUT2D eigenvalue weighted by atomic mass is 35.5. The molecular formula is C34H43ClO9. The van der Waals surface area contributed by atoms with Crippen molar-refractivity contribution in [2.45, 2.75) is 83.2 Å². The Morgan fingerprint density at radius 1 is 0.818 bits per heavy atom. The molecule has 4 atom stereocenters. The predicted octanol–water partition coefficient (Wildman–Crippen LogP) is 7.53. The molecule has 2 heterocycles. The zero-order valence-electron chi connectivity index (χ0n) is 26.1. The average Bonchev–Trinajstić information content (AvgIpc) is 3.65. The number of hydrogen-bond acceptors (Lipinski definition) is 9. The molecule has 0 unspecified atom stereocenters.